The molecule has 3 rings (SSSR count). The van der Waals surface area contributed by atoms with Gasteiger partial charge in [0.15, 0.2) is 5.79 Å². The highest BCUT2D eigenvalue weighted by Crippen LogP contribution is 2.40. The van der Waals surface area contributed by atoms with Gasteiger partial charge in [0.25, 0.3) is 5.24 Å². The van der Waals surface area contributed by atoms with Gasteiger partial charge in [-0.3, -0.25) is 4.79 Å². The van der Waals surface area contributed by atoms with E-state index in [1.807, 2.05) is 6.92 Å². The highest BCUT2D eigenvalue weighted by Gasteiger charge is 2.52. The Labute approximate surface area is 176 Å². The number of nitrogens with zero attached hydrogens (tertiary/aromatic N) is 1. The minimum absolute atomic E-state index is 0.0760. The SMILES string of the molecule is CC1=CC(=O)O[C@@H]2C[C@@H](CC[C@H](C)C=CCC1)O[C@@](O)([C@@H]1CSC(=O)N1CO)C2. The fourth-order valence-corrected chi connectivity index (χ4v) is 5.30. The Morgan fingerprint density at radius 2 is 2.10 bits per heavy atom. The Balaban J connectivity index is 1.83. The first-order chi connectivity index (χ1) is 13.8. The highest BCUT2D eigenvalue weighted by atomic mass is 32.2. The van der Waals surface area contributed by atoms with E-state index in [0.29, 0.717) is 24.5 Å². The number of hydrogen-bond donors (Lipinski definition) is 2. The van der Waals surface area contributed by atoms with Crippen LogP contribution in [0.5, 0.6) is 0 Å². The molecule has 3 aliphatic rings. The Hall–Kier alpha value is -1.35. The lowest BCUT2D eigenvalue weighted by molar-refractivity contribution is -0.295. The number of thioether (sulfide) groups is 1. The quantitative estimate of drug-likeness (QED) is 0.519. The zero-order valence-electron chi connectivity index (χ0n) is 17.1. The molecule has 3 heterocycles. The smallest absolute Gasteiger partial charge is 0.330 e. The molecule has 2 bridgehead atoms. The topological polar surface area (TPSA) is 96.3 Å². The normalized spacial score (nSPS) is 37.1. The van der Waals surface area contributed by atoms with Gasteiger partial charge in [-0.15, -0.1) is 0 Å². The number of amides is 1. The van der Waals surface area contributed by atoms with Crippen molar-refractivity contribution in [3.05, 3.63) is 23.8 Å². The zero-order valence-corrected chi connectivity index (χ0v) is 17.9. The second-order valence-corrected chi connectivity index (χ2v) is 9.27. The van der Waals surface area contributed by atoms with E-state index >= 15 is 0 Å². The van der Waals surface area contributed by atoms with Crippen molar-refractivity contribution < 1.29 is 29.3 Å². The molecule has 2 saturated heterocycles. The molecule has 0 aromatic carbocycles. The largest absolute Gasteiger partial charge is 0.459 e. The van der Waals surface area contributed by atoms with Crippen LogP contribution in [-0.4, -0.2) is 62.8 Å². The summed E-state index contributed by atoms with van der Waals surface area (Å²) in [6.07, 6.45) is 8.89. The fraction of sp³-hybridized carbons (Fsp3) is 0.714. The van der Waals surface area contributed by atoms with Crippen molar-refractivity contribution in [2.45, 2.75) is 76.4 Å². The van der Waals surface area contributed by atoms with Gasteiger partial charge < -0.3 is 24.6 Å². The summed E-state index contributed by atoms with van der Waals surface area (Å²) in [6, 6.07) is -0.678. The van der Waals surface area contributed by atoms with Gasteiger partial charge >= 0.3 is 5.97 Å². The monoisotopic (exact) mass is 425 g/mol. The maximum atomic E-state index is 12.4. The molecule has 1 amide bonds. The van der Waals surface area contributed by atoms with E-state index in [0.717, 1.165) is 36.6 Å². The summed E-state index contributed by atoms with van der Waals surface area (Å²) in [5, 5.41) is 20.7. The standard InChI is InChI=1S/C21H31NO6S/c1-14-5-3-4-6-15(2)9-19(24)27-17-10-16(8-7-14)28-21(26,11-17)18-12-29-20(25)22(18)13-23/h3,5,9,14,16-18,23,26H,4,6-8,10-13H2,1-2H3/t14-,16-,17-,18+,21-/m1/s1. The van der Waals surface area contributed by atoms with Gasteiger partial charge in [-0.25, -0.2) is 4.79 Å². The molecule has 0 spiro atoms. The third-order valence-electron chi connectivity index (χ3n) is 5.83. The lowest BCUT2D eigenvalue weighted by Crippen LogP contribution is -2.59. The summed E-state index contributed by atoms with van der Waals surface area (Å²) in [6.45, 7) is 3.58. The van der Waals surface area contributed by atoms with Crippen LogP contribution in [0.2, 0.25) is 0 Å². The Bertz CT molecular complexity index is 680. The predicted octanol–water partition coefficient (Wildman–Crippen LogP) is 2.97. The minimum Gasteiger partial charge on any atom is -0.459 e. The van der Waals surface area contributed by atoms with Crippen LogP contribution < -0.4 is 0 Å². The van der Waals surface area contributed by atoms with Crippen molar-refractivity contribution in [1.82, 2.24) is 4.90 Å². The molecule has 0 saturated carbocycles. The molecule has 5 atom stereocenters. The summed E-state index contributed by atoms with van der Waals surface area (Å²) >= 11 is 1.05. The van der Waals surface area contributed by atoms with E-state index in [1.165, 1.54) is 11.0 Å². The van der Waals surface area contributed by atoms with Gasteiger partial charge in [-0.2, -0.15) is 0 Å². The fourth-order valence-electron chi connectivity index (χ4n) is 4.21. The lowest BCUT2D eigenvalue weighted by atomic mass is 9.90. The molecule has 0 aromatic heterocycles. The zero-order chi connectivity index (χ0) is 21.0. The van der Waals surface area contributed by atoms with Crippen molar-refractivity contribution >= 4 is 23.0 Å². The van der Waals surface area contributed by atoms with Crippen molar-refractivity contribution in [3.63, 3.8) is 0 Å². The third kappa shape index (κ3) is 5.63. The number of hydrogen-bond acceptors (Lipinski definition) is 7. The van der Waals surface area contributed by atoms with Gasteiger partial charge in [0.1, 0.15) is 12.8 Å². The molecule has 0 radical (unpaired) electrons. The van der Waals surface area contributed by atoms with E-state index in [1.54, 1.807) is 0 Å². The van der Waals surface area contributed by atoms with Crippen LogP contribution in [-0.2, 0) is 14.3 Å². The lowest BCUT2D eigenvalue weighted by Gasteiger charge is -2.45. The van der Waals surface area contributed by atoms with Gasteiger partial charge in [-0.05, 0) is 38.5 Å². The number of aliphatic hydroxyl groups is 2. The number of carbonyl (C=O) groups excluding carboxylic acids is 2. The third-order valence-corrected chi connectivity index (χ3v) is 6.79. The average Bonchev–Trinajstić information content (AvgIpc) is 3.04. The molecule has 0 unspecified atom stereocenters. The van der Waals surface area contributed by atoms with Crippen LogP contribution >= 0.6 is 11.8 Å². The maximum Gasteiger partial charge on any atom is 0.330 e. The highest BCUT2D eigenvalue weighted by molar-refractivity contribution is 8.13. The number of ether oxygens (including phenoxy) is 2. The minimum atomic E-state index is -1.66. The Kier molecular flexibility index (Phi) is 7.42. The number of fused-ring (bicyclic) bond motifs is 2. The summed E-state index contributed by atoms with van der Waals surface area (Å²) in [4.78, 5) is 25.6. The van der Waals surface area contributed by atoms with Crippen LogP contribution in [0, 0.1) is 5.92 Å². The van der Waals surface area contributed by atoms with E-state index in [9.17, 15) is 19.8 Å². The molecule has 162 valence electrons. The van der Waals surface area contributed by atoms with Crippen LogP contribution in [0.1, 0.15) is 52.4 Å². The van der Waals surface area contributed by atoms with Crippen molar-refractivity contribution in [2.24, 2.45) is 5.92 Å². The summed E-state index contributed by atoms with van der Waals surface area (Å²) in [5.41, 5.74) is 0.951. The van der Waals surface area contributed by atoms with Crippen molar-refractivity contribution in [1.29, 1.82) is 0 Å². The molecular weight excluding hydrogens is 394 g/mol. The maximum absolute atomic E-state index is 12.4. The molecular formula is C21H31NO6S. The van der Waals surface area contributed by atoms with Crippen LogP contribution in [0.3, 0.4) is 0 Å². The van der Waals surface area contributed by atoms with E-state index in [-0.39, 0.29) is 17.8 Å². The first-order valence-electron chi connectivity index (χ1n) is 10.3. The van der Waals surface area contributed by atoms with E-state index < -0.39 is 30.6 Å². The van der Waals surface area contributed by atoms with Crippen LogP contribution in [0.25, 0.3) is 0 Å². The van der Waals surface area contributed by atoms with Gasteiger partial charge in [0.2, 0.25) is 0 Å². The molecule has 0 aliphatic carbocycles. The molecule has 2 N–H and O–H groups in total. The van der Waals surface area contributed by atoms with Gasteiger partial charge in [0, 0.05) is 24.7 Å². The number of rotatable bonds is 2. The average molecular weight is 426 g/mol. The van der Waals surface area contributed by atoms with Crippen molar-refractivity contribution in [2.75, 3.05) is 12.5 Å². The molecule has 7 nitrogen and oxygen atoms in total. The molecule has 8 heteroatoms. The van der Waals surface area contributed by atoms with E-state index in [2.05, 4.69) is 19.1 Å². The van der Waals surface area contributed by atoms with E-state index in [4.69, 9.17) is 9.47 Å². The second kappa shape index (κ2) is 9.64. The summed E-state index contributed by atoms with van der Waals surface area (Å²) in [5.74, 6) is -1.38. The first kappa shape index (κ1) is 22.3. The molecule has 0 aromatic rings. The second-order valence-electron chi connectivity index (χ2n) is 8.30. The van der Waals surface area contributed by atoms with Gasteiger partial charge in [-0.1, -0.05) is 36.4 Å². The summed E-state index contributed by atoms with van der Waals surface area (Å²) in [7, 11) is 0. The van der Waals surface area contributed by atoms with Crippen LogP contribution in [0.15, 0.2) is 23.8 Å². The molecule has 2 fully saturated rings. The number of esters is 1. The molecule has 29 heavy (non-hydrogen) atoms. The first-order valence-corrected chi connectivity index (χ1v) is 11.3. The number of allylic oxidation sites excluding steroid dienone is 3. The molecule has 3 aliphatic heterocycles. The summed E-state index contributed by atoms with van der Waals surface area (Å²) < 4.78 is 11.7. The number of carbonyl (C=O) groups is 2. The number of aliphatic hydroxyl groups excluding tert-OH is 1. The van der Waals surface area contributed by atoms with Gasteiger partial charge in [0.05, 0.1) is 12.1 Å². The van der Waals surface area contributed by atoms with Crippen molar-refractivity contribution in [3.8, 4) is 0 Å². The van der Waals surface area contributed by atoms with Crippen LogP contribution in [0.4, 0.5) is 4.79 Å². The Morgan fingerprint density at radius 1 is 1.31 bits per heavy atom. The predicted molar refractivity (Wildman–Crippen MR) is 110 cm³/mol. The Morgan fingerprint density at radius 3 is 2.86 bits per heavy atom.